The molecule has 0 aliphatic carbocycles. The molecular formula is C14H17NO3. The number of anilines is 1. The van der Waals surface area contributed by atoms with E-state index in [1.807, 2.05) is 24.3 Å². The lowest BCUT2D eigenvalue weighted by atomic mass is 10.0. The van der Waals surface area contributed by atoms with Crippen molar-refractivity contribution in [2.24, 2.45) is 5.92 Å². The lowest BCUT2D eigenvalue weighted by Gasteiger charge is -2.18. The highest BCUT2D eigenvalue weighted by molar-refractivity contribution is 5.99. The van der Waals surface area contributed by atoms with Gasteiger partial charge in [-0.15, -0.1) is 0 Å². The first-order chi connectivity index (χ1) is 8.49. The maximum atomic E-state index is 11.8. The van der Waals surface area contributed by atoms with E-state index in [4.69, 9.17) is 5.11 Å². The fourth-order valence-electron chi connectivity index (χ4n) is 2.17. The Labute approximate surface area is 106 Å². The van der Waals surface area contributed by atoms with Crippen LogP contribution < -0.4 is 4.90 Å². The smallest absolute Gasteiger partial charge is 0.308 e. The van der Waals surface area contributed by atoms with Gasteiger partial charge in [-0.25, -0.2) is 0 Å². The minimum absolute atomic E-state index is 0.0985. The van der Waals surface area contributed by atoms with Crippen LogP contribution in [0.1, 0.15) is 31.7 Å². The van der Waals surface area contributed by atoms with Crippen molar-refractivity contribution >= 4 is 17.6 Å². The van der Waals surface area contributed by atoms with Crippen molar-refractivity contribution in [1.82, 2.24) is 0 Å². The molecule has 1 N–H and O–H groups in total. The molecule has 1 atom stereocenters. The summed E-state index contributed by atoms with van der Waals surface area (Å²) in [6.07, 6.45) is 0.0985. The van der Waals surface area contributed by atoms with Gasteiger partial charge in [-0.1, -0.05) is 26.0 Å². The number of carbonyl (C=O) groups excluding carboxylic acids is 1. The number of rotatable bonds is 3. The highest BCUT2D eigenvalue weighted by Crippen LogP contribution is 2.27. The van der Waals surface area contributed by atoms with Crippen molar-refractivity contribution in [3.63, 3.8) is 0 Å². The maximum Gasteiger partial charge on any atom is 0.308 e. The number of hydrogen-bond acceptors (Lipinski definition) is 2. The fraction of sp³-hybridized carbons (Fsp3) is 0.429. The zero-order valence-electron chi connectivity index (χ0n) is 10.6. The molecule has 0 bridgehead atoms. The molecule has 1 aromatic rings. The highest BCUT2D eigenvalue weighted by atomic mass is 16.4. The van der Waals surface area contributed by atoms with E-state index in [1.165, 1.54) is 0 Å². The lowest BCUT2D eigenvalue weighted by Crippen LogP contribution is -2.25. The fourth-order valence-corrected chi connectivity index (χ4v) is 2.17. The topological polar surface area (TPSA) is 57.6 Å². The predicted octanol–water partition coefficient (Wildman–Crippen LogP) is 2.25. The zero-order valence-corrected chi connectivity index (χ0v) is 10.6. The minimum Gasteiger partial charge on any atom is -0.481 e. The Hall–Kier alpha value is -1.84. The number of amides is 1. The van der Waals surface area contributed by atoms with Gasteiger partial charge in [0, 0.05) is 18.7 Å². The normalized spacial score (nSPS) is 19.6. The van der Waals surface area contributed by atoms with Gasteiger partial charge in [0.05, 0.1) is 5.92 Å². The molecule has 0 spiro atoms. The molecule has 1 aliphatic rings. The van der Waals surface area contributed by atoms with Crippen LogP contribution >= 0.6 is 0 Å². The first-order valence-electron chi connectivity index (χ1n) is 6.12. The van der Waals surface area contributed by atoms with Crippen molar-refractivity contribution in [2.75, 3.05) is 11.4 Å². The largest absolute Gasteiger partial charge is 0.481 e. The van der Waals surface area contributed by atoms with Gasteiger partial charge < -0.3 is 10.0 Å². The van der Waals surface area contributed by atoms with Gasteiger partial charge >= 0.3 is 5.97 Å². The molecule has 1 saturated heterocycles. The van der Waals surface area contributed by atoms with Crippen LogP contribution in [-0.2, 0) is 9.59 Å². The van der Waals surface area contributed by atoms with Crippen LogP contribution in [0.15, 0.2) is 24.3 Å². The second-order valence-electron chi connectivity index (χ2n) is 4.99. The Morgan fingerprint density at radius 3 is 2.72 bits per heavy atom. The molecule has 1 amide bonds. The zero-order chi connectivity index (χ0) is 13.3. The van der Waals surface area contributed by atoms with Gasteiger partial charge in [0.15, 0.2) is 0 Å². The summed E-state index contributed by atoms with van der Waals surface area (Å²) in [5.41, 5.74) is 1.95. The van der Waals surface area contributed by atoms with E-state index >= 15 is 0 Å². The molecule has 4 heteroatoms. The quantitative estimate of drug-likeness (QED) is 0.891. The Kier molecular flexibility index (Phi) is 3.36. The number of benzene rings is 1. The Balaban J connectivity index is 2.24. The number of nitrogens with zero attached hydrogens (tertiary/aromatic N) is 1. The Morgan fingerprint density at radius 2 is 2.17 bits per heavy atom. The van der Waals surface area contributed by atoms with E-state index in [2.05, 4.69) is 13.8 Å². The maximum absolute atomic E-state index is 11.8. The molecule has 18 heavy (non-hydrogen) atoms. The SMILES string of the molecule is CC(C)c1cccc(N2C[C@H](C(=O)O)CC2=O)c1. The van der Waals surface area contributed by atoms with Crippen molar-refractivity contribution in [2.45, 2.75) is 26.2 Å². The molecule has 4 nitrogen and oxygen atoms in total. The third-order valence-corrected chi connectivity index (χ3v) is 3.32. The van der Waals surface area contributed by atoms with Gasteiger partial charge in [-0.3, -0.25) is 9.59 Å². The van der Waals surface area contributed by atoms with Crippen LogP contribution in [0.5, 0.6) is 0 Å². The highest BCUT2D eigenvalue weighted by Gasteiger charge is 2.35. The van der Waals surface area contributed by atoms with Gasteiger partial charge in [-0.2, -0.15) is 0 Å². The van der Waals surface area contributed by atoms with Crippen molar-refractivity contribution < 1.29 is 14.7 Å². The third kappa shape index (κ3) is 2.37. The Morgan fingerprint density at radius 1 is 1.44 bits per heavy atom. The summed E-state index contributed by atoms with van der Waals surface area (Å²) in [6.45, 7) is 4.45. The van der Waals surface area contributed by atoms with Gasteiger partial charge in [0.25, 0.3) is 0 Å². The third-order valence-electron chi connectivity index (χ3n) is 3.32. The molecule has 0 radical (unpaired) electrons. The van der Waals surface area contributed by atoms with Crippen LogP contribution in [-0.4, -0.2) is 23.5 Å². The summed E-state index contributed by atoms with van der Waals surface area (Å²) in [5.74, 6) is -1.20. The van der Waals surface area contributed by atoms with Crippen LogP contribution in [0.2, 0.25) is 0 Å². The van der Waals surface area contributed by atoms with E-state index < -0.39 is 11.9 Å². The van der Waals surface area contributed by atoms with Crippen molar-refractivity contribution in [3.8, 4) is 0 Å². The molecule has 1 aromatic carbocycles. The lowest BCUT2D eigenvalue weighted by molar-refractivity contribution is -0.141. The van der Waals surface area contributed by atoms with Crippen LogP contribution in [0, 0.1) is 5.92 Å². The predicted molar refractivity (Wildman–Crippen MR) is 68.6 cm³/mol. The van der Waals surface area contributed by atoms with Crippen LogP contribution in [0.3, 0.4) is 0 Å². The van der Waals surface area contributed by atoms with Crippen molar-refractivity contribution in [1.29, 1.82) is 0 Å². The number of carboxylic acids is 1. The van der Waals surface area contributed by atoms with Crippen LogP contribution in [0.25, 0.3) is 0 Å². The molecule has 1 aliphatic heterocycles. The average Bonchev–Trinajstić information content (AvgIpc) is 2.72. The molecule has 0 saturated carbocycles. The Bertz CT molecular complexity index is 482. The summed E-state index contributed by atoms with van der Waals surface area (Å²) < 4.78 is 0. The first kappa shape index (κ1) is 12.6. The molecular weight excluding hydrogens is 230 g/mol. The summed E-state index contributed by atoms with van der Waals surface area (Å²) in [4.78, 5) is 24.3. The standard InChI is InChI=1S/C14H17NO3/c1-9(2)10-4-3-5-12(6-10)15-8-11(14(17)18)7-13(15)16/h3-6,9,11H,7-8H2,1-2H3,(H,17,18)/t11-/m1/s1. The minimum atomic E-state index is -0.897. The van der Waals surface area contributed by atoms with Gasteiger partial charge in [0.1, 0.15) is 0 Å². The van der Waals surface area contributed by atoms with E-state index in [0.29, 0.717) is 5.92 Å². The van der Waals surface area contributed by atoms with Crippen LogP contribution in [0.4, 0.5) is 5.69 Å². The molecule has 1 heterocycles. The second kappa shape index (κ2) is 4.80. The summed E-state index contributed by atoms with van der Waals surface area (Å²) in [6, 6.07) is 7.75. The average molecular weight is 247 g/mol. The number of carbonyl (C=O) groups is 2. The molecule has 1 fully saturated rings. The molecule has 0 unspecified atom stereocenters. The van der Waals surface area contributed by atoms with E-state index in [9.17, 15) is 9.59 Å². The monoisotopic (exact) mass is 247 g/mol. The van der Waals surface area contributed by atoms with E-state index in [-0.39, 0.29) is 18.9 Å². The van der Waals surface area contributed by atoms with Crippen molar-refractivity contribution in [3.05, 3.63) is 29.8 Å². The molecule has 96 valence electrons. The first-order valence-corrected chi connectivity index (χ1v) is 6.12. The second-order valence-corrected chi connectivity index (χ2v) is 4.99. The summed E-state index contributed by atoms with van der Waals surface area (Å²) in [7, 11) is 0. The van der Waals surface area contributed by atoms with Gasteiger partial charge in [0.2, 0.25) is 5.91 Å². The molecule has 0 aromatic heterocycles. The number of carboxylic acid groups (broad SMARTS) is 1. The van der Waals surface area contributed by atoms with E-state index in [1.54, 1.807) is 4.90 Å². The van der Waals surface area contributed by atoms with E-state index in [0.717, 1.165) is 11.3 Å². The molecule has 2 rings (SSSR count). The van der Waals surface area contributed by atoms with Gasteiger partial charge in [-0.05, 0) is 23.6 Å². The summed E-state index contributed by atoms with van der Waals surface area (Å²) >= 11 is 0. The number of aliphatic carboxylic acids is 1. The summed E-state index contributed by atoms with van der Waals surface area (Å²) in [5, 5.41) is 8.96. The number of hydrogen-bond donors (Lipinski definition) is 1.